The summed E-state index contributed by atoms with van der Waals surface area (Å²) in [6.45, 7) is 0. The normalized spacial score (nSPS) is 10.9. The van der Waals surface area contributed by atoms with Crippen molar-refractivity contribution >= 4 is 78.0 Å². The van der Waals surface area contributed by atoms with Gasteiger partial charge in [0.1, 0.15) is 0 Å². The first kappa shape index (κ1) is 26.2. The zero-order valence-corrected chi connectivity index (χ0v) is 23.3. The molecule has 0 radical (unpaired) electrons. The monoisotopic (exact) mass is 740 g/mol. The molecule has 0 fully saturated rings. The first-order valence-electron chi connectivity index (χ1n) is 10.9. The highest BCUT2D eigenvalue weighted by atomic mass is 127. The average Bonchev–Trinajstić information content (AvgIpc) is 3.65. The molecule has 6 nitrogen and oxygen atoms in total. The maximum absolute atomic E-state index is 12.6. The van der Waals surface area contributed by atoms with Gasteiger partial charge in [-0.3, -0.25) is 0 Å². The second-order valence-electron chi connectivity index (χ2n) is 7.81. The maximum Gasteiger partial charge on any atom is 0.176 e. The lowest BCUT2D eigenvalue weighted by Crippen LogP contribution is -2.02. The molecule has 0 saturated carbocycles. The van der Waals surface area contributed by atoms with E-state index in [4.69, 9.17) is 0 Å². The number of hydrogen-bond acceptors (Lipinski definition) is 4. The van der Waals surface area contributed by atoms with Crippen molar-refractivity contribution in [2.45, 2.75) is 0 Å². The molecule has 7 aromatic rings. The molecule has 4 heterocycles. The zero-order valence-electron chi connectivity index (χ0n) is 19.0. The highest BCUT2D eigenvalue weighted by Crippen LogP contribution is 2.26. The number of para-hydroxylation sites is 2. The molecule has 3 aromatic carbocycles. The van der Waals surface area contributed by atoms with Crippen LogP contribution < -0.4 is 0 Å². The summed E-state index contributed by atoms with van der Waals surface area (Å²) in [5.41, 5.74) is 4.24. The third kappa shape index (κ3) is 5.01. The van der Waals surface area contributed by atoms with E-state index in [2.05, 4.69) is 44.9 Å². The van der Waals surface area contributed by atoms with Gasteiger partial charge in [-0.05, 0) is 69.4 Å². The number of pyridine rings is 2. The van der Waals surface area contributed by atoms with Crippen LogP contribution in [0.4, 0.5) is 17.6 Å². The van der Waals surface area contributed by atoms with E-state index in [0.29, 0.717) is 0 Å². The Labute approximate surface area is 239 Å². The first-order chi connectivity index (χ1) is 18.4. The van der Waals surface area contributed by atoms with Crippen LogP contribution in [0, 0.1) is 30.4 Å². The van der Waals surface area contributed by atoms with E-state index in [1.165, 1.54) is 56.0 Å². The Bertz CT molecular complexity index is 1710. The van der Waals surface area contributed by atoms with E-state index in [-0.39, 0.29) is 0 Å². The van der Waals surface area contributed by atoms with E-state index in [1.807, 2.05) is 57.6 Å². The van der Waals surface area contributed by atoms with Gasteiger partial charge in [0.25, 0.3) is 0 Å². The van der Waals surface area contributed by atoms with Crippen LogP contribution in [0.3, 0.4) is 0 Å². The molecule has 38 heavy (non-hydrogen) atoms. The molecule has 4 aromatic heterocycles. The highest BCUT2D eigenvalue weighted by Gasteiger charge is 2.21. The van der Waals surface area contributed by atoms with Crippen molar-refractivity contribution in [3.63, 3.8) is 0 Å². The second kappa shape index (κ2) is 11.1. The fourth-order valence-electron chi connectivity index (χ4n) is 3.66. The lowest BCUT2D eigenvalue weighted by atomic mass is 10.2. The van der Waals surface area contributed by atoms with Crippen molar-refractivity contribution in [3.05, 3.63) is 116 Å². The molecule has 0 atom stereocenters. The molecule has 0 saturated heterocycles. The third-order valence-electron chi connectivity index (χ3n) is 5.50. The molecule has 0 aliphatic rings. The molecule has 0 aliphatic carbocycles. The van der Waals surface area contributed by atoms with Crippen LogP contribution in [0.1, 0.15) is 0 Å². The van der Waals surface area contributed by atoms with E-state index in [9.17, 15) is 17.6 Å². The average molecular weight is 740 g/mol. The molecular weight excluding hydrogens is 726 g/mol. The number of rotatable bonds is 0. The van der Waals surface area contributed by atoms with Gasteiger partial charge >= 0.3 is 0 Å². The van der Waals surface area contributed by atoms with Gasteiger partial charge in [-0.1, -0.05) is 59.0 Å². The van der Waals surface area contributed by atoms with Crippen molar-refractivity contribution in [1.29, 1.82) is 0 Å². The summed E-state index contributed by atoms with van der Waals surface area (Å²) in [5.74, 6) is -5.39. The molecule has 0 amide bonds. The summed E-state index contributed by atoms with van der Waals surface area (Å²) in [6.07, 6.45) is 3.51. The van der Waals surface area contributed by atoms with Gasteiger partial charge in [0, 0.05) is 10.8 Å². The van der Waals surface area contributed by atoms with Crippen LogP contribution in [-0.4, -0.2) is 29.7 Å². The number of halogens is 6. The molecule has 0 unspecified atom stereocenters. The van der Waals surface area contributed by atoms with Gasteiger partial charge < -0.3 is 0 Å². The Morgan fingerprint density at radius 1 is 0.500 bits per heavy atom. The number of nitrogens with zero attached hydrogens (tertiary/aromatic N) is 6. The third-order valence-corrected chi connectivity index (χ3v) is 7.40. The van der Waals surface area contributed by atoms with E-state index >= 15 is 0 Å². The Kier molecular flexibility index (Phi) is 7.69. The molecule has 12 heteroatoms. The van der Waals surface area contributed by atoms with Crippen molar-refractivity contribution in [3.8, 4) is 0 Å². The summed E-state index contributed by atoms with van der Waals surface area (Å²) < 4.78 is 52.9. The van der Waals surface area contributed by atoms with Crippen LogP contribution >= 0.6 is 45.2 Å². The number of hydrogen-bond donors (Lipinski definition) is 0. The van der Waals surface area contributed by atoms with Crippen LogP contribution in [0.2, 0.25) is 0 Å². The molecule has 190 valence electrons. The minimum atomic E-state index is -1.35. The largest absolute Gasteiger partial charge is 0.213 e. The quantitative estimate of drug-likeness (QED) is 0.0714. The second-order valence-corrected chi connectivity index (χ2v) is 9.97. The lowest BCUT2D eigenvalue weighted by Gasteiger charge is -2.02. The Hall–Kier alpha value is -3.40. The maximum atomic E-state index is 12.6. The van der Waals surface area contributed by atoms with Crippen LogP contribution in [0.15, 0.2) is 85.2 Å². The SMILES string of the molecule is Fc1c(F)c(I)c(F)c(F)c1I.c1ccc2c(c1)ccc1cnnn12.c1ccc2c(c1)ccc1cnnn12. The molecule has 0 bridgehead atoms. The summed E-state index contributed by atoms with van der Waals surface area (Å²) in [6, 6.07) is 24.4. The molecule has 0 aliphatic heterocycles. The summed E-state index contributed by atoms with van der Waals surface area (Å²) >= 11 is 2.41. The van der Waals surface area contributed by atoms with Crippen molar-refractivity contribution in [2.75, 3.05) is 0 Å². The van der Waals surface area contributed by atoms with E-state index in [1.54, 1.807) is 12.4 Å². The summed E-state index contributed by atoms with van der Waals surface area (Å²) in [5, 5.41) is 18.1. The molecule has 0 N–H and O–H groups in total. The Morgan fingerprint density at radius 2 is 0.868 bits per heavy atom. The van der Waals surface area contributed by atoms with Crippen molar-refractivity contribution < 1.29 is 17.6 Å². The van der Waals surface area contributed by atoms with Crippen molar-refractivity contribution in [2.24, 2.45) is 0 Å². The highest BCUT2D eigenvalue weighted by molar-refractivity contribution is 14.1. The molecular formula is C26H14F4I2N6. The minimum absolute atomic E-state index is 0.664. The van der Waals surface area contributed by atoms with Gasteiger partial charge in [-0.25, -0.2) is 26.6 Å². The lowest BCUT2D eigenvalue weighted by molar-refractivity contribution is 0.437. The standard InChI is InChI=1S/2C10H7N3.C6F4I2/c2*1-2-4-10-8(3-1)5-6-9-7-11-12-13(9)10;7-1-2(8)6(12)4(10)3(9)5(1)11/h2*1-7H;. The fraction of sp³-hybridized carbons (Fsp3) is 0. The Balaban J connectivity index is 0.000000116. The smallest absolute Gasteiger partial charge is 0.176 e. The number of aromatic nitrogens is 6. The van der Waals surface area contributed by atoms with Gasteiger partial charge in [-0.15, -0.1) is 10.2 Å². The van der Waals surface area contributed by atoms with E-state index < -0.39 is 30.4 Å². The zero-order chi connectivity index (χ0) is 26.8. The fourth-order valence-corrected chi connectivity index (χ4v) is 4.61. The topological polar surface area (TPSA) is 60.4 Å². The van der Waals surface area contributed by atoms with Crippen LogP contribution in [0.25, 0.3) is 32.8 Å². The molecule has 7 rings (SSSR count). The van der Waals surface area contributed by atoms with Gasteiger partial charge in [0.15, 0.2) is 23.3 Å². The first-order valence-corrected chi connectivity index (χ1v) is 13.1. The Morgan fingerprint density at radius 3 is 1.26 bits per heavy atom. The predicted molar refractivity (Wildman–Crippen MR) is 153 cm³/mol. The van der Waals surface area contributed by atoms with Gasteiger partial charge in [0.05, 0.1) is 41.6 Å². The predicted octanol–water partition coefficient (Wildman–Crippen LogP) is 7.22. The summed E-state index contributed by atoms with van der Waals surface area (Å²) in [7, 11) is 0. The summed E-state index contributed by atoms with van der Waals surface area (Å²) in [4.78, 5) is 0. The van der Waals surface area contributed by atoms with E-state index in [0.717, 1.165) is 22.1 Å². The van der Waals surface area contributed by atoms with Crippen molar-refractivity contribution in [1.82, 2.24) is 29.7 Å². The number of benzene rings is 3. The minimum Gasteiger partial charge on any atom is -0.213 e. The van der Waals surface area contributed by atoms with Gasteiger partial charge in [0.2, 0.25) is 0 Å². The van der Waals surface area contributed by atoms with Gasteiger partial charge in [-0.2, -0.15) is 0 Å². The number of fused-ring (bicyclic) bond motifs is 6. The molecule has 0 spiro atoms. The van der Waals surface area contributed by atoms with Crippen LogP contribution in [-0.2, 0) is 0 Å². The van der Waals surface area contributed by atoms with Crippen LogP contribution in [0.5, 0.6) is 0 Å².